The molecule has 1 amide bonds. The zero-order valence-corrected chi connectivity index (χ0v) is 11.4. The van der Waals surface area contributed by atoms with E-state index in [4.69, 9.17) is 0 Å². The van der Waals surface area contributed by atoms with E-state index >= 15 is 0 Å². The lowest BCUT2D eigenvalue weighted by Gasteiger charge is -2.20. The molecule has 0 aromatic heterocycles. The minimum Gasteiger partial charge on any atom is -0.388 e. The smallest absolute Gasteiger partial charge is 0.223 e. The van der Waals surface area contributed by atoms with Crippen LogP contribution < -0.4 is 5.32 Å². The molecule has 0 spiro atoms. The molecule has 0 saturated heterocycles. The van der Waals surface area contributed by atoms with Crippen LogP contribution >= 0.6 is 0 Å². The van der Waals surface area contributed by atoms with E-state index in [1.165, 1.54) is 0 Å². The molecule has 0 aliphatic heterocycles. The Balaban J connectivity index is 2.45. The van der Waals surface area contributed by atoms with Crippen molar-refractivity contribution in [2.45, 2.75) is 45.8 Å². The van der Waals surface area contributed by atoms with Crippen LogP contribution in [0.5, 0.6) is 0 Å². The number of amides is 1. The quantitative estimate of drug-likeness (QED) is 0.814. The summed E-state index contributed by atoms with van der Waals surface area (Å²) in [5, 5.41) is 13.0. The molecule has 1 aromatic carbocycles. The summed E-state index contributed by atoms with van der Waals surface area (Å²) >= 11 is 0. The Morgan fingerprint density at radius 1 is 1.28 bits per heavy atom. The highest BCUT2D eigenvalue weighted by Crippen LogP contribution is 2.17. The van der Waals surface area contributed by atoms with Crippen LogP contribution in [-0.4, -0.2) is 17.1 Å². The summed E-state index contributed by atoms with van der Waals surface area (Å²) in [6, 6.07) is 9.50. The van der Waals surface area contributed by atoms with Crippen molar-refractivity contribution >= 4 is 5.91 Å². The molecule has 0 saturated carbocycles. The van der Waals surface area contributed by atoms with Crippen LogP contribution in [0.4, 0.5) is 0 Å². The average Bonchev–Trinajstić information content (AvgIpc) is 2.38. The van der Waals surface area contributed by atoms with Crippen LogP contribution in [0.2, 0.25) is 0 Å². The molecule has 3 nitrogen and oxygen atoms in total. The summed E-state index contributed by atoms with van der Waals surface area (Å²) in [4.78, 5) is 11.7. The first-order valence-electron chi connectivity index (χ1n) is 6.58. The molecule has 0 bridgehead atoms. The van der Waals surface area contributed by atoms with E-state index in [1.807, 2.05) is 51.1 Å². The first-order chi connectivity index (χ1) is 8.54. The zero-order valence-electron chi connectivity index (χ0n) is 11.4. The van der Waals surface area contributed by atoms with Crippen LogP contribution in [0.15, 0.2) is 30.3 Å². The second kappa shape index (κ2) is 7.17. The Hall–Kier alpha value is -1.35. The van der Waals surface area contributed by atoms with Gasteiger partial charge in [-0.15, -0.1) is 0 Å². The lowest BCUT2D eigenvalue weighted by Crippen LogP contribution is -2.37. The van der Waals surface area contributed by atoms with Gasteiger partial charge in [0.25, 0.3) is 0 Å². The van der Waals surface area contributed by atoms with Gasteiger partial charge in [0.2, 0.25) is 5.91 Å². The summed E-state index contributed by atoms with van der Waals surface area (Å²) in [5.41, 5.74) is 0.891. The number of carbonyl (C=O) groups is 1. The van der Waals surface area contributed by atoms with Crippen molar-refractivity contribution in [3.05, 3.63) is 35.9 Å². The van der Waals surface area contributed by atoms with E-state index in [2.05, 4.69) is 5.32 Å². The van der Waals surface area contributed by atoms with E-state index in [1.54, 1.807) is 0 Å². The molecule has 3 unspecified atom stereocenters. The largest absolute Gasteiger partial charge is 0.388 e. The van der Waals surface area contributed by atoms with E-state index in [-0.39, 0.29) is 17.9 Å². The standard InChI is InChI=1S/C15H23NO2/c1-4-11(2)15(18)16-12(3)10-14(17)13-8-6-5-7-9-13/h5-9,11-12,14,17H,4,10H2,1-3H3,(H,16,18). The fourth-order valence-electron chi connectivity index (χ4n) is 1.78. The highest BCUT2D eigenvalue weighted by atomic mass is 16.3. The second-order valence-corrected chi connectivity index (χ2v) is 4.88. The van der Waals surface area contributed by atoms with E-state index < -0.39 is 6.10 Å². The Morgan fingerprint density at radius 3 is 2.44 bits per heavy atom. The maximum Gasteiger partial charge on any atom is 0.223 e. The number of aliphatic hydroxyl groups is 1. The Labute approximate surface area is 109 Å². The number of hydrogen-bond donors (Lipinski definition) is 2. The molecule has 0 radical (unpaired) electrons. The van der Waals surface area contributed by atoms with Gasteiger partial charge < -0.3 is 10.4 Å². The predicted octanol–water partition coefficient (Wildman–Crippen LogP) is 2.66. The minimum absolute atomic E-state index is 0.0262. The monoisotopic (exact) mass is 249 g/mol. The van der Waals surface area contributed by atoms with E-state index in [0.717, 1.165) is 12.0 Å². The number of benzene rings is 1. The molecule has 100 valence electrons. The first kappa shape index (κ1) is 14.7. The van der Waals surface area contributed by atoms with Gasteiger partial charge in [-0.05, 0) is 25.3 Å². The Kier molecular flexibility index (Phi) is 5.86. The van der Waals surface area contributed by atoms with Gasteiger partial charge in [-0.3, -0.25) is 4.79 Å². The molecule has 1 aromatic rings. The summed E-state index contributed by atoms with van der Waals surface area (Å²) in [6.45, 7) is 5.83. The van der Waals surface area contributed by atoms with Crippen LogP contribution in [0, 0.1) is 5.92 Å². The van der Waals surface area contributed by atoms with Gasteiger partial charge in [-0.25, -0.2) is 0 Å². The summed E-state index contributed by atoms with van der Waals surface area (Å²) < 4.78 is 0. The SMILES string of the molecule is CCC(C)C(=O)NC(C)CC(O)c1ccccc1. The number of aliphatic hydroxyl groups excluding tert-OH is 1. The highest BCUT2D eigenvalue weighted by molar-refractivity contribution is 5.78. The van der Waals surface area contributed by atoms with Crippen molar-refractivity contribution in [3.8, 4) is 0 Å². The fraction of sp³-hybridized carbons (Fsp3) is 0.533. The molecule has 3 heteroatoms. The van der Waals surface area contributed by atoms with Crippen LogP contribution in [-0.2, 0) is 4.79 Å². The molecule has 0 heterocycles. The lowest BCUT2D eigenvalue weighted by atomic mass is 10.0. The highest BCUT2D eigenvalue weighted by Gasteiger charge is 2.16. The first-order valence-corrected chi connectivity index (χ1v) is 6.58. The van der Waals surface area contributed by atoms with E-state index in [9.17, 15) is 9.90 Å². The lowest BCUT2D eigenvalue weighted by molar-refractivity contribution is -0.125. The molecule has 0 aliphatic carbocycles. The number of nitrogens with one attached hydrogen (secondary N) is 1. The average molecular weight is 249 g/mol. The normalized spacial score (nSPS) is 15.8. The van der Waals surface area contributed by atoms with Crippen LogP contribution in [0.25, 0.3) is 0 Å². The van der Waals surface area contributed by atoms with Gasteiger partial charge in [0.15, 0.2) is 0 Å². The zero-order chi connectivity index (χ0) is 13.5. The van der Waals surface area contributed by atoms with Gasteiger partial charge in [0, 0.05) is 12.0 Å². The van der Waals surface area contributed by atoms with Crippen molar-refractivity contribution in [2.24, 2.45) is 5.92 Å². The van der Waals surface area contributed by atoms with Gasteiger partial charge in [0.1, 0.15) is 0 Å². The van der Waals surface area contributed by atoms with Crippen molar-refractivity contribution in [1.29, 1.82) is 0 Å². The Bertz CT molecular complexity index is 364. The molecular weight excluding hydrogens is 226 g/mol. The molecule has 2 N–H and O–H groups in total. The van der Waals surface area contributed by atoms with Crippen LogP contribution in [0.3, 0.4) is 0 Å². The van der Waals surface area contributed by atoms with E-state index in [0.29, 0.717) is 6.42 Å². The summed E-state index contributed by atoms with van der Waals surface area (Å²) in [7, 11) is 0. The molecule has 3 atom stereocenters. The third-order valence-electron chi connectivity index (χ3n) is 3.21. The molecular formula is C15H23NO2. The van der Waals surface area contributed by atoms with Crippen molar-refractivity contribution in [2.75, 3.05) is 0 Å². The van der Waals surface area contributed by atoms with Crippen molar-refractivity contribution in [3.63, 3.8) is 0 Å². The maximum atomic E-state index is 11.7. The predicted molar refractivity (Wildman–Crippen MR) is 73.1 cm³/mol. The van der Waals surface area contributed by atoms with Gasteiger partial charge in [-0.2, -0.15) is 0 Å². The number of rotatable bonds is 6. The summed E-state index contributed by atoms with van der Waals surface area (Å²) in [6.07, 6.45) is 0.838. The third-order valence-corrected chi connectivity index (χ3v) is 3.21. The van der Waals surface area contributed by atoms with Gasteiger partial charge in [-0.1, -0.05) is 44.2 Å². The topological polar surface area (TPSA) is 49.3 Å². The number of hydrogen-bond acceptors (Lipinski definition) is 2. The van der Waals surface area contributed by atoms with Gasteiger partial charge >= 0.3 is 0 Å². The maximum absolute atomic E-state index is 11.7. The number of carbonyl (C=O) groups excluding carboxylic acids is 1. The van der Waals surface area contributed by atoms with Gasteiger partial charge in [0.05, 0.1) is 6.10 Å². The third kappa shape index (κ3) is 4.49. The second-order valence-electron chi connectivity index (χ2n) is 4.88. The minimum atomic E-state index is -0.529. The molecule has 18 heavy (non-hydrogen) atoms. The fourth-order valence-corrected chi connectivity index (χ4v) is 1.78. The van der Waals surface area contributed by atoms with Crippen LogP contribution in [0.1, 0.15) is 45.3 Å². The molecule has 1 rings (SSSR count). The summed E-state index contributed by atoms with van der Waals surface area (Å²) in [5.74, 6) is 0.0894. The van der Waals surface area contributed by atoms with Crippen molar-refractivity contribution < 1.29 is 9.90 Å². The molecule has 0 aliphatic rings. The van der Waals surface area contributed by atoms with Crippen molar-refractivity contribution in [1.82, 2.24) is 5.32 Å². The Morgan fingerprint density at radius 2 is 1.89 bits per heavy atom. The molecule has 0 fully saturated rings.